The Bertz CT molecular complexity index is 765. The van der Waals surface area contributed by atoms with Crippen LogP contribution in [0, 0.1) is 0 Å². The molecule has 24 heavy (non-hydrogen) atoms. The van der Waals surface area contributed by atoms with E-state index < -0.39 is 5.79 Å². The van der Waals surface area contributed by atoms with Crippen molar-refractivity contribution in [1.82, 2.24) is 0 Å². The molecule has 2 aliphatic rings. The highest BCUT2D eigenvalue weighted by molar-refractivity contribution is 6.04. The number of rotatable bonds is 2. The number of carbonyl (C=O) groups is 1. The summed E-state index contributed by atoms with van der Waals surface area (Å²) >= 11 is 0. The predicted octanol–water partition coefficient (Wildman–Crippen LogP) is 3.95. The summed E-state index contributed by atoms with van der Waals surface area (Å²) in [5, 5.41) is 2.88. The molecular weight excluding hydrogens is 304 g/mol. The molecule has 1 saturated carbocycles. The summed E-state index contributed by atoms with van der Waals surface area (Å²) in [6.45, 7) is 0. The minimum atomic E-state index is -0.500. The van der Waals surface area contributed by atoms with Gasteiger partial charge in [0.15, 0.2) is 11.5 Å². The number of nitrogens with two attached hydrogens (primary N) is 1. The number of nitrogens with one attached hydrogen (secondary N) is 1. The van der Waals surface area contributed by atoms with E-state index in [-0.39, 0.29) is 5.91 Å². The van der Waals surface area contributed by atoms with E-state index in [1.807, 2.05) is 18.2 Å². The van der Waals surface area contributed by atoms with Crippen LogP contribution in [-0.4, -0.2) is 11.7 Å². The molecule has 0 bridgehead atoms. The van der Waals surface area contributed by atoms with Gasteiger partial charge < -0.3 is 20.5 Å². The van der Waals surface area contributed by atoms with Crippen molar-refractivity contribution in [3.8, 4) is 11.5 Å². The molecule has 1 amide bonds. The Balaban J connectivity index is 1.50. The average molecular weight is 324 g/mol. The summed E-state index contributed by atoms with van der Waals surface area (Å²) in [5.74, 6) is 0.774. The van der Waals surface area contributed by atoms with E-state index in [9.17, 15) is 4.79 Å². The molecule has 1 fully saturated rings. The van der Waals surface area contributed by atoms with Gasteiger partial charge in [0.2, 0.25) is 0 Å². The van der Waals surface area contributed by atoms with Crippen LogP contribution in [0.1, 0.15) is 42.5 Å². The van der Waals surface area contributed by atoms with Gasteiger partial charge in [-0.05, 0) is 49.2 Å². The van der Waals surface area contributed by atoms with Crippen LogP contribution >= 0.6 is 0 Å². The second-order valence-corrected chi connectivity index (χ2v) is 6.41. The summed E-state index contributed by atoms with van der Waals surface area (Å²) in [4.78, 5) is 12.3. The fourth-order valence-electron chi connectivity index (χ4n) is 3.30. The van der Waals surface area contributed by atoms with Gasteiger partial charge in [0.05, 0.1) is 0 Å². The molecule has 2 aromatic rings. The van der Waals surface area contributed by atoms with Gasteiger partial charge in [0.25, 0.3) is 11.7 Å². The van der Waals surface area contributed by atoms with Crippen LogP contribution in [-0.2, 0) is 0 Å². The summed E-state index contributed by atoms with van der Waals surface area (Å²) in [6.07, 6.45) is 5.29. The lowest BCUT2D eigenvalue weighted by atomic mass is 9.94. The molecule has 1 aliphatic heterocycles. The van der Waals surface area contributed by atoms with Crippen molar-refractivity contribution in [3.05, 3.63) is 48.0 Å². The molecule has 5 heteroatoms. The zero-order valence-corrected chi connectivity index (χ0v) is 13.4. The van der Waals surface area contributed by atoms with E-state index in [0.29, 0.717) is 22.7 Å². The third-order valence-electron chi connectivity index (χ3n) is 4.58. The highest BCUT2D eigenvalue weighted by atomic mass is 16.7. The molecule has 1 heterocycles. The minimum absolute atomic E-state index is 0.179. The minimum Gasteiger partial charge on any atom is -0.448 e. The first kappa shape index (κ1) is 14.9. The third kappa shape index (κ3) is 2.77. The van der Waals surface area contributed by atoms with Gasteiger partial charge in [0, 0.05) is 35.8 Å². The summed E-state index contributed by atoms with van der Waals surface area (Å²) in [5.41, 5.74) is 7.53. The zero-order chi connectivity index (χ0) is 16.6. The first-order valence-corrected chi connectivity index (χ1v) is 8.33. The highest BCUT2D eigenvalue weighted by Gasteiger charge is 2.42. The Morgan fingerprint density at radius 1 is 0.958 bits per heavy atom. The van der Waals surface area contributed by atoms with E-state index in [1.165, 1.54) is 6.42 Å². The van der Waals surface area contributed by atoms with Gasteiger partial charge in [-0.1, -0.05) is 6.42 Å². The van der Waals surface area contributed by atoms with E-state index in [1.54, 1.807) is 24.3 Å². The van der Waals surface area contributed by atoms with E-state index in [2.05, 4.69) is 5.32 Å². The van der Waals surface area contributed by atoms with Gasteiger partial charge >= 0.3 is 0 Å². The SMILES string of the molecule is Nc1ccc(C(=O)Nc2ccc3c(c2)OC2(CCCCC2)O3)cc1. The fourth-order valence-corrected chi connectivity index (χ4v) is 3.30. The number of hydrogen-bond donors (Lipinski definition) is 2. The first-order valence-electron chi connectivity index (χ1n) is 8.33. The van der Waals surface area contributed by atoms with E-state index >= 15 is 0 Å². The lowest BCUT2D eigenvalue weighted by Crippen LogP contribution is -2.40. The molecule has 2 aromatic carbocycles. The smallest absolute Gasteiger partial charge is 0.255 e. The maximum atomic E-state index is 12.3. The number of benzene rings is 2. The van der Waals surface area contributed by atoms with E-state index in [0.717, 1.165) is 31.4 Å². The lowest BCUT2D eigenvalue weighted by Gasteiger charge is -2.31. The van der Waals surface area contributed by atoms with Crippen molar-refractivity contribution in [2.75, 3.05) is 11.1 Å². The van der Waals surface area contributed by atoms with Crippen molar-refractivity contribution < 1.29 is 14.3 Å². The van der Waals surface area contributed by atoms with Gasteiger partial charge in [-0.2, -0.15) is 0 Å². The number of carbonyl (C=O) groups excluding carboxylic acids is 1. The molecule has 3 N–H and O–H groups in total. The molecular formula is C19H20N2O3. The number of hydrogen-bond acceptors (Lipinski definition) is 4. The number of nitrogen functional groups attached to an aromatic ring is 1. The second-order valence-electron chi connectivity index (χ2n) is 6.41. The Kier molecular flexibility index (Phi) is 3.56. The van der Waals surface area contributed by atoms with Crippen LogP contribution in [0.25, 0.3) is 0 Å². The Hall–Kier alpha value is -2.69. The predicted molar refractivity (Wildman–Crippen MR) is 92.3 cm³/mol. The zero-order valence-electron chi connectivity index (χ0n) is 13.4. The van der Waals surface area contributed by atoms with Crippen LogP contribution in [0.5, 0.6) is 11.5 Å². The Morgan fingerprint density at radius 2 is 1.67 bits per heavy atom. The maximum absolute atomic E-state index is 12.3. The summed E-state index contributed by atoms with van der Waals surface area (Å²) in [6, 6.07) is 12.3. The molecule has 5 nitrogen and oxygen atoms in total. The largest absolute Gasteiger partial charge is 0.448 e. The van der Waals surface area contributed by atoms with Gasteiger partial charge in [-0.25, -0.2) is 0 Å². The Morgan fingerprint density at radius 3 is 2.42 bits per heavy atom. The monoisotopic (exact) mass is 324 g/mol. The van der Waals surface area contributed by atoms with Crippen molar-refractivity contribution in [2.45, 2.75) is 37.9 Å². The maximum Gasteiger partial charge on any atom is 0.255 e. The highest BCUT2D eigenvalue weighted by Crippen LogP contribution is 2.46. The van der Waals surface area contributed by atoms with Crippen LogP contribution in [0.3, 0.4) is 0 Å². The summed E-state index contributed by atoms with van der Waals surface area (Å²) in [7, 11) is 0. The van der Waals surface area contributed by atoms with Crippen molar-refractivity contribution in [1.29, 1.82) is 0 Å². The first-order chi connectivity index (χ1) is 11.6. The van der Waals surface area contributed by atoms with E-state index in [4.69, 9.17) is 15.2 Å². The van der Waals surface area contributed by atoms with Gasteiger partial charge in [-0.15, -0.1) is 0 Å². The third-order valence-corrected chi connectivity index (χ3v) is 4.58. The molecule has 0 saturated heterocycles. The Labute approximate surface area is 140 Å². The van der Waals surface area contributed by atoms with Gasteiger partial charge in [-0.3, -0.25) is 4.79 Å². The molecule has 0 unspecified atom stereocenters. The summed E-state index contributed by atoms with van der Waals surface area (Å²) < 4.78 is 12.1. The lowest BCUT2D eigenvalue weighted by molar-refractivity contribution is -0.105. The topological polar surface area (TPSA) is 73.6 Å². The van der Waals surface area contributed by atoms with Crippen LogP contribution < -0.4 is 20.5 Å². The number of anilines is 2. The molecule has 1 spiro atoms. The van der Waals surface area contributed by atoms with Crippen LogP contribution in [0.15, 0.2) is 42.5 Å². The number of amides is 1. The van der Waals surface area contributed by atoms with Crippen molar-refractivity contribution in [2.24, 2.45) is 0 Å². The molecule has 0 atom stereocenters. The molecule has 0 aromatic heterocycles. The molecule has 124 valence electrons. The van der Waals surface area contributed by atoms with Crippen molar-refractivity contribution >= 4 is 17.3 Å². The quantitative estimate of drug-likeness (QED) is 0.820. The molecule has 0 radical (unpaired) electrons. The average Bonchev–Trinajstić information content (AvgIpc) is 2.92. The normalized spacial score (nSPS) is 17.7. The molecule has 1 aliphatic carbocycles. The molecule has 4 rings (SSSR count). The van der Waals surface area contributed by atoms with Gasteiger partial charge in [0.1, 0.15) is 0 Å². The fraction of sp³-hybridized carbons (Fsp3) is 0.316. The standard InChI is InChI=1S/C19H20N2O3/c20-14-6-4-13(5-7-14)18(22)21-15-8-9-16-17(12-15)24-19(23-16)10-2-1-3-11-19/h4-9,12H,1-3,10-11,20H2,(H,21,22). The second kappa shape index (κ2) is 5.74. The number of ether oxygens (including phenoxy) is 2. The van der Waals surface area contributed by atoms with Crippen molar-refractivity contribution in [3.63, 3.8) is 0 Å². The van der Waals surface area contributed by atoms with Crippen LogP contribution in [0.2, 0.25) is 0 Å². The van der Waals surface area contributed by atoms with Crippen LogP contribution in [0.4, 0.5) is 11.4 Å². The number of fused-ring (bicyclic) bond motifs is 1.